The Kier molecular flexibility index (Phi) is 4.10. The Labute approximate surface area is 131 Å². The highest BCUT2D eigenvalue weighted by atomic mass is 35.5. The van der Waals surface area contributed by atoms with Crippen molar-refractivity contribution in [3.05, 3.63) is 57.5 Å². The molecule has 0 amide bonds. The molecule has 20 heavy (non-hydrogen) atoms. The standard InChI is InChI=1S/C15H12Cl2N2S/c16-11-3-1-2-10(8-11)4-6-18-13-9-14(17)19-15-12(13)5-7-20-15/h1-3,5,7-9H,4,6H2,(H,18,19). The van der Waals surface area contributed by atoms with E-state index in [1.807, 2.05) is 29.6 Å². The summed E-state index contributed by atoms with van der Waals surface area (Å²) in [5.41, 5.74) is 2.25. The van der Waals surface area contributed by atoms with E-state index in [-0.39, 0.29) is 0 Å². The maximum Gasteiger partial charge on any atom is 0.132 e. The summed E-state index contributed by atoms with van der Waals surface area (Å²) in [5.74, 6) is 0. The molecule has 3 aromatic rings. The van der Waals surface area contributed by atoms with Crippen molar-refractivity contribution in [1.82, 2.24) is 4.98 Å². The maximum atomic E-state index is 6.04. The van der Waals surface area contributed by atoms with Crippen LogP contribution in [0.3, 0.4) is 0 Å². The number of rotatable bonds is 4. The Bertz CT molecular complexity index is 740. The lowest BCUT2D eigenvalue weighted by molar-refractivity contribution is 1.02. The highest BCUT2D eigenvalue weighted by Crippen LogP contribution is 2.29. The van der Waals surface area contributed by atoms with Crippen LogP contribution >= 0.6 is 34.5 Å². The molecule has 0 saturated heterocycles. The van der Waals surface area contributed by atoms with Crippen LogP contribution in [0.15, 0.2) is 41.8 Å². The third-order valence-corrected chi connectivity index (χ3v) is 4.26. The number of pyridine rings is 1. The van der Waals surface area contributed by atoms with Gasteiger partial charge in [-0.25, -0.2) is 4.98 Å². The minimum absolute atomic E-state index is 0.519. The highest BCUT2D eigenvalue weighted by molar-refractivity contribution is 7.16. The van der Waals surface area contributed by atoms with Crippen LogP contribution in [-0.4, -0.2) is 11.5 Å². The minimum atomic E-state index is 0.519. The van der Waals surface area contributed by atoms with E-state index in [4.69, 9.17) is 23.2 Å². The Hall–Kier alpha value is -1.29. The van der Waals surface area contributed by atoms with E-state index in [9.17, 15) is 0 Å². The van der Waals surface area contributed by atoms with Crippen molar-refractivity contribution < 1.29 is 0 Å². The fourth-order valence-corrected chi connectivity index (χ4v) is 3.34. The van der Waals surface area contributed by atoms with E-state index in [1.165, 1.54) is 5.56 Å². The molecule has 3 rings (SSSR count). The molecule has 0 atom stereocenters. The lowest BCUT2D eigenvalue weighted by Crippen LogP contribution is -2.05. The zero-order valence-electron chi connectivity index (χ0n) is 10.6. The third-order valence-electron chi connectivity index (χ3n) is 3.02. The van der Waals surface area contributed by atoms with Crippen molar-refractivity contribution in [2.45, 2.75) is 6.42 Å². The summed E-state index contributed by atoms with van der Waals surface area (Å²) in [6.45, 7) is 0.825. The molecule has 0 aliphatic carbocycles. The molecule has 5 heteroatoms. The van der Waals surface area contributed by atoms with Gasteiger partial charge in [0.1, 0.15) is 9.98 Å². The molecule has 0 radical (unpaired) electrons. The Morgan fingerprint density at radius 3 is 2.90 bits per heavy atom. The van der Waals surface area contributed by atoms with Crippen LogP contribution < -0.4 is 5.32 Å². The number of hydrogen-bond acceptors (Lipinski definition) is 3. The normalized spacial score (nSPS) is 10.9. The topological polar surface area (TPSA) is 24.9 Å². The number of anilines is 1. The summed E-state index contributed by atoms with van der Waals surface area (Å²) >= 11 is 13.6. The number of hydrogen-bond donors (Lipinski definition) is 1. The van der Waals surface area contributed by atoms with Gasteiger partial charge in [-0.1, -0.05) is 35.3 Å². The first kappa shape index (κ1) is 13.7. The Morgan fingerprint density at radius 1 is 1.15 bits per heavy atom. The number of thiophene rings is 1. The first-order valence-corrected chi connectivity index (χ1v) is 7.88. The Morgan fingerprint density at radius 2 is 2.05 bits per heavy atom. The summed E-state index contributed by atoms with van der Waals surface area (Å²) < 4.78 is 0. The van der Waals surface area contributed by atoms with Gasteiger partial charge in [0.2, 0.25) is 0 Å². The van der Waals surface area contributed by atoms with Gasteiger partial charge < -0.3 is 5.32 Å². The SMILES string of the molecule is Clc1cccc(CCNc2cc(Cl)nc3sccc23)c1. The van der Waals surface area contributed by atoms with Gasteiger partial charge in [-0.3, -0.25) is 0 Å². The van der Waals surface area contributed by atoms with E-state index in [0.717, 1.165) is 33.9 Å². The lowest BCUT2D eigenvalue weighted by atomic mass is 10.1. The van der Waals surface area contributed by atoms with E-state index >= 15 is 0 Å². The van der Waals surface area contributed by atoms with Gasteiger partial charge in [0.15, 0.2) is 0 Å². The van der Waals surface area contributed by atoms with E-state index < -0.39 is 0 Å². The molecule has 0 aliphatic rings. The van der Waals surface area contributed by atoms with Crippen LogP contribution in [0.5, 0.6) is 0 Å². The van der Waals surface area contributed by atoms with E-state index in [1.54, 1.807) is 11.3 Å². The molecule has 2 nitrogen and oxygen atoms in total. The van der Waals surface area contributed by atoms with Gasteiger partial charge >= 0.3 is 0 Å². The first-order chi connectivity index (χ1) is 9.72. The van der Waals surface area contributed by atoms with Crippen LogP contribution in [0.25, 0.3) is 10.2 Å². The maximum absolute atomic E-state index is 6.04. The second-order valence-corrected chi connectivity index (χ2v) is 6.16. The quantitative estimate of drug-likeness (QED) is 0.663. The van der Waals surface area contributed by atoms with Crippen LogP contribution in [0.4, 0.5) is 5.69 Å². The van der Waals surface area contributed by atoms with Crippen LogP contribution in [0.1, 0.15) is 5.56 Å². The van der Waals surface area contributed by atoms with Crippen LogP contribution in [-0.2, 0) is 6.42 Å². The van der Waals surface area contributed by atoms with Gasteiger partial charge in [-0.2, -0.15) is 0 Å². The zero-order valence-corrected chi connectivity index (χ0v) is 12.9. The largest absolute Gasteiger partial charge is 0.384 e. The second-order valence-electron chi connectivity index (χ2n) is 4.44. The van der Waals surface area contributed by atoms with Gasteiger partial charge in [0.05, 0.1) is 0 Å². The fraction of sp³-hybridized carbons (Fsp3) is 0.133. The lowest BCUT2D eigenvalue weighted by Gasteiger charge is -2.08. The van der Waals surface area contributed by atoms with Crippen molar-refractivity contribution in [1.29, 1.82) is 0 Å². The Balaban J connectivity index is 1.72. The van der Waals surface area contributed by atoms with E-state index in [0.29, 0.717) is 5.15 Å². The molecule has 0 aliphatic heterocycles. The molecular weight excluding hydrogens is 311 g/mol. The number of nitrogens with zero attached hydrogens (tertiary/aromatic N) is 1. The van der Waals surface area contributed by atoms with Crippen molar-refractivity contribution in [3.63, 3.8) is 0 Å². The summed E-state index contributed by atoms with van der Waals surface area (Å²) in [6, 6.07) is 11.9. The summed E-state index contributed by atoms with van der Waals surface area (Å²) in [7, 11) is 0. The van der Waals surface area contributed by atoms with Crippen LogP contribution in [0.2, 0.25) is 10.2 Å². The molecule has 0 spiro atoms. The molecule has 2 heterocycles. The zero-order chi connectivity index (χ0) is 13.9. The predicted molar refractivity (Wildman–Crippen MR) is 88.3 cm³/mol. The van der Waals surface area contributed by atoms with Gasteiger partial charge in [-0.05, 0) is 41.6 Å². The molecule has 0 unspecified atom stereocenters. The number of nitrogens with one attached hydrogen (secondary N) is 1. The number of benzene rings is 1. The summed E-state index contributed by atoms with van der Waals surface area (Å²) in [5, 5.41) is 7.85. The summed E-state index contributed by atoms with van der Waals surface area (Å²) in [6.07, 6.45) is 0.909. The molecule has 0 saturated carbocycles. The van der Waals surface area contributed by atoms with Crippen molar-refractivity contribution in [2.75, 3.05) is 11.9 Å². The van der Waals surface area contributed by atoms with Crippen molar-refractivity contribution in [2.24, 2.45) is 0 Å². The van der Waals surface area contributed by atoms with E-state index in [2.05, 4.69) is 22.4 Å². The average molecular weight is 323 g/mol. The highest BCUT2D eigenvalue weighted by Gasteiger charge is 2.05. The molecule has 102 valence electrons. The summed E-state index contributed by atoms with van der Waals surface area (Å²) in [4.78, 5) is 5.26. The molecule has 1 N–H and O–H groups in total. The van der Waals surface area contributed by atoms with Gasteiger partial charge in [0.25, 0.3) is 0 Å². The van der Waals surface area contributed by atoms with Crippen molar-refractivity contribution >= 4 is 50.4 Å². The smallest absolute Gasteiger partial charge is 0.132 e. The molecule has 1 aromatic carbocycles. The molecular formula is C15H12Cl2N2S. The minimum Gasteiger partial charge on any atom is -0.384 e. The van der Waals surface area contributed by atoms with Gasteiger partial charge in [-0.15, -0.1) is 11.3 Å². The molecule has 0 bridgehead atoms. The average Bonchev–Trinajstić information content (AvgIpc) is 2.87. The molecule has 0 fully saturated rings. The van der Waals surface area contributed by atoms with Crippen LogP contribution in [0, 0.1) is 0 Å². The van der Waals surface area contributed by atoms with Crippen molar-refractivity contribution in [3.8, 4) is 0 Å². The first-order valence-electron chi connectivity index (χ1n) is 6.24. The van der Waals surface area contributed by atoms with Gasteiger partial charge in [0, 0.05) is 22.6 Å². The number of fused-ring (bicyclic) bond motifs is 1. The fourth-order valence-electron chi connectivity index (χ4n) is 2.10. The molecule has 2 aromatic heterocycles. The second kappa shape index (κ2) is 6.00. The predicted octanol–water partition coefficient (Wildman–Crippen LogP) is 5.26. The third kappa shape index (κ3) is 3.06. The number of halogens is 2. The number of aromatic nitrogens is 1. The monoisotopic (exact) mass is 322 g/mol.